The Morgan fingerprint density at radius 2 is 1.52 bits per heavy atom. The van der Waals surface area contributed by atoms with Crippen LogP contribution in [0.2, 0.25) is 0 Å². The van der Waals surface area contributed by atoms with Crippen LogP contribution in [-0.4, -0.2) is 20.9 Å². The Labute approximate surface area is 157 Å². The van der Waals surface area contributed by atoms with Gasteiger partial charge in [-0.1, -0.05) is 65.9 Å². The van der Waals surface area contributed by atoms with Crippen LogP contribution in [0.15, 0.2) is 91.1 Å². The Bertz CT molecular complexity index is 1020. The predicted octanol–water partition coefficient (Wildman–Crippen LogP) is 4.25. The first-order valence-corrected chi connectivity index (χ1v) is 8.69. The third-order valence-corrected chi connectivity index (χ3v) is 4.20. The van der Waals surface area contributed by atoms with Crippen molar-refractivity contribution >= 4 is 11.6 Å². The van der Waals surface area contributed by atoms with Crippen molar-refractivity contribution in [3.05, 3.63) is 102 Å². The largest absolute Gasteiger partial charge is 0.322 e. The van der Waals surface area contributed by atoms with Crippen molar-refractivity contribution < 1.29 is 4.79 Å². The molecule has 27 heavy (non-hydrogen) atoms. The number of carbonyl (C=O) groups excluding carboxylic acids is 1. The van der Waals surface area contributed by atoms with Gasteiger partial charge in [0.25, 0.3) is 5.91 Å². The van der Waals surface area contributed by atoms with Gasteiger partial charge in [-0.05, 0) is 29.8 Å². The normalized spacial score (nSPS) is 10.5. The number of rotatable bonds is 5. The number of amides is 1. The van der Waals surface area contributed by atoms with Crippen molar-refractivity contribution in [2.24, 2.45) is 0 Å². The summed E-state index contributed by atoms with van der Waals surface area (Å²) < 4.78 is 1.81. The predicted molar refractivity (Wildman–Crippen MR) is 105 cm³/mol. The Kier molecular flexibility index (Phi) is 4.74. The molecule has 0 atom stereocenters. The van der Waals surface area contributed by atoms with Crippen molar-refractivity contribution in [1.29, 1.82) is 0 Å². The summed E-state index contributed by atoms with van der Waals surface area (Å²) in [5.74, 6) is -0.118. The van der Waals surface area contributed by atoms with E-state index in [2.05, 4.69) is 15.6 Å². The fourth-order valence-corrected chi connectivity index (χ4v) is 2.79. The highest BCUT2D eigenvalue weighted by Crippen LogP contribution is 2.16. The van der Waals surface area contributed by atoms with Crippen LogP contribution in [0.3, 0.4) is 0 Å². The summed E-state index contributed by atoms with van der Waals surface area (Å²) in [6.45, 7) is 0.618. The van der Waals surface area contributed by atoms with E-state index in [0.717, 1.165) is 22.5 Å². The standard InChI is InChI=1S/C22H18N4O/c27-22(19-9-5-2-6-10-19)23-20-13-11-17(12-14-20)15-26-16-21(24-25-26)18-7-3-1-4-8-18/h1-14,16H,15H2,(H,23,27). The Morgan fingerprint density at radius 3 is 2.22 bits per heavy atom. The van der Waals surface area contributed by atoms with Crippen molar-refractivity contribution in [2.75, 3.05) is 5.32 Å². The van der Waals surface area contributed by atoms with E-state index in [1.165, 1.54) is 0 Å². The van der Waals surface area contributed by atoms with Gasteiger partial charge in [0.1, 0.15) is 5.69 Å². The van der Waals surface area contributed by atoms with Gasteiger partial charge in [-0.15, -0.1) is 5.10 Å². The van der Waals surface area contributed by atoms with Gasteiger partial charge in [0.2, 0.25) is 0 Å². The number of benzene rings is 3. The molecule has 3 aromatic carbocycles. The van der Waals surface area contributed by atoms with Gasteiger partial charge in [-0.2, -0.15) is 0 Å². The van der Waals surface area contributed by atoms with E-state index < -0.39 is 0 Å². The molecule has 1 heterocycles. The summed E-state index contributed by atoms with van der Waals surface area (Å²) in [6.07, 6.45) is 1.93. The van der Waals surface area contributed by atoms with Gasteiger partial charge < -0.3 is 5.32 Å². The molecular weight excluding hydrogens is 336 g/mol. The molecule has 0 bridgehead atoms. The van der Waals surface area contributed by atoms with E-state index in [1.807, 2.05) is 79.0 Å². The quantitative estimate of drug-likeness (QED) is 0.583. The lowest BCUT2D eigenvalue weighted by Gasteiger charge is -2.07. The highest BCUT2D eigenvalue weighted by atomic mass is 16.1. The van der Waals surface area contributed by atoms with Gasteiger partial charge in [-0.3, -0.25) is 4.79 Å². The summed E-state index contributed by atoms with van der Waals surface area (Å²) in [4.78, 5) is 12.2. The minimum absolute atomic E-state index is 0.118. The fourth-order valence-electron chi connectivity index (χ4n) is 2.79. The van der Waals surface area contributed by atoms with Gasteiger partial charge >= 0.3 is 0 Å². The zero-order chi connectivity index (χ0) is 18.5. The van der Waals surface area contributed by atoms with Crippen molar-refractivity contribution in [3.8, 4) is 11.3 Å². The van der Waals surface area contributed by atoms with Gasteiger partial charge in [0, 0.05) is 16.8 Å². The van der Waals surface area contributed by atoms with E-state index in [1.54, 1.807) is 16.8 Å². The molecule has 0 aliphatic heterocycles. The Morgan fingerprint density at radius 1 is 0.852 bits per heavy atom. The zero-order valence-corrected chi connectivity index (χ0v) is 14.6. The highest BCUT2D eigenvalue weighted by Gasteiger charge is 2.06. The van der Waals surface area contributed by atoms with Crippen LogP contribution in [0.5, 0.6) is 0 Å². The van der Waals surface area contributed by atoms with Crippen molar-refractivity contribution in [1.82, 2.24) is 15.0 Å². The number of anilines is 1. The number of carbonyl (C=O) groups is 1. The topological polar surface area (TPSA) is 59.8 Å². The average molecular weight is 354 g/mol. The highest BCUT2D eigenvalue weighted by molar-refractivity contribution is 6.04. The zero-order valence-electron chi connectivity index (χ0n) is 14.6. The number of aromatic nitrogens is 3. The lowest BCUT2D eigenvalue weighted by molar-refractivity contribution is 0.102. The van der Waals surface area contributed by atoms with E-state index in [-0.39, 0.29) is 5.91 Å². The smallest absolute Gasteiger partial charge is 0.255 e. The summed E-state index contributed by atoms with van der Waals surface area (Å²) in [7, 11) is 0. The first-order valence-electron chi connectivity index (χ1n) is 8.69. The van der Waals surface area contributed by atoms with Crippen LogP contribution >= 0.6 is 0 Å². The monoisotopic (exact) mass is 354 g/mol. The lowest BCUT2D eigenvalue weighted by Crippen LogP contribution is -2.11. The molecule has 0 spiro atoms. The first kappa shape index (κ1) is 16.7. The molecular formula is C22H18N4O. The molecule has 1 aromatic heterocycles. The molecule has 0 unspecified atom stereocenters. The molecule has 5 nitrogen and oxygen atoms in total. The van der Waals surface area contributed by atoms with Crippen molar-refractivity contribution in [2.45, 2.75) is 6.54 Å². The van der Waals surface area contributed by atoms with Crippen LogP contribution in [-0.2, 0) is 6.54 Å². The third-order valence-electron chi connectivity index (χ3n) is 4.20. The van der Waals surface area contributed by atoms with Crippen LogP contribution in [0.4, 0.5) is 5.69 Å². The number of nitrogens with one attached hydrogen (secondary N) is 1. The number of hydrogen-bond acceptors (Lipinski definition) is 3. The molecule has 0 aliphatic rings. The van der Waals surface area contributed by atoms with E-state index in [4.69, 9.17) is 0 Å². The second kappa shape index (κ2) is 7.66. The molecule has 0 aliphatic carbocycles. The maximum Gasteiger partial charge on any atom is 0.255 e. The SMILES string of the molecule is O=C(Nc1ccc(Cn2cc(-c3ccccc3)nn2)cc1)c1ccccc1. The third kappa shape index (κ3) is 4.10. The maximum atomic E-state index is 12.2. The molecule has 1 N–H and O–H groups in total. The summed E-state index contributed by atoms with van der Waals surface area (Å²) >= 11 is 0. The lowest BCUT2D eigenvalue weighted by atomic mass is 10.1. The summed E-state index contributed by atoms with van der Waals surface area (Å²) in [5, 5.41) is 11.3. The van der Waals surface area contributed by atoms with E-state index in [0.29, 0.717) is 12.1 Å². The Balaban J connectivity index is 1.41. The van der Waals surface area contributed by atoms with Crippen LogP contribution in [0.1, 0.15) is 15.9 Å². The fraction of sp³-hybridized carbons (Fsp3) is 0.0455. The van der Waals surface area contributed by atoms with Crippen LogP contribution < -0.4 is 5.32 Å². The molecule has 5 heteroatoms. The number of nitrogens with zero attached hydrogens (tertiary/aromatic N) is 3. The molecule has 132 valence electrons. The molecule has 4 aromatic rings. The minimum Gasteiger partial charge on any atom is -0.322 e. The van der Waals surface area contributed by atoms with E-state index >= 15 is 0 Å². The van der Waals surface area contributed by atoms with E-state index in [9.17, 15) is 4.79 Å². The molecule has 0 saturated heterocycles. The molecule has 1 amide bonds. The second-order valence-corrected chi connectivity index (χ2v) is 6.18. The van der Waals surface area contributed by atoms with Crippen LogP contribution in [0.25, 0.3) is 11.3 Å². The summed E-state index contributed by atoms with van der Waals surface area (Å²) in [6, 6.07) is 26.9. The van der Waals surface area contributed by atoms with Crippen LogP contribution in [0, 0.1) is 0 Å². The molecule has 0 fully saturated rings. The summed E-state index contributed by atoms with van der Waals surface area (Å²) in [5.41, 5.74) is 4.37. The molecule has 0 radical (unpaired) electrons. The molecule has 0 saturated carbocycles. The minimum atomic E-state index is -0.118. The second-order valence-electron chi connectivity index (χ2n) is 6.18. The van der Waals surface area contributed by atoms with Gasteiger partial charge in [0.05, 0.1) is 12.7 Å². The van der Waals surface area contributed by atoms with Crippen molar-refractivity contribution in [3.63, 3.8) is 0 Å². The average Bonchev–Trinajstić information content (AvgIpc) is 3.19. The maximum absolute atomic E-state index is 12.2. The van der Waals surface area contributed by atoms with Gasteiger partial charge in [0.15, 0.2) is 0 Å². The number of hydrogen-bond donors (Lipinski definition) is 1. The molecule has 4 rings (SSSR count). The van der Waals surface area contributed by atoms with Gasteiger partial charge in [-0.25, -0.2) is 4.68 Å². The Hall–Kier alpha value is -3.73. The first-order chi connectivity index (χ1) is 13.3.